The number of aliphatic hydroxyl groups is 1. The lowest BCUT2D eigenvalue weighted by atomic mass is 10.1. The summed E-state index contributed by atoms with van der Waals surface area (Å²) in [5, 5.41) is 13.1. The van der Waals surface area contributed by atoms with E-state index in [1.54, 1.807) is 11.8 Å². The second kappa shape index (κ2) is 9.66. The summed E-state index contributed by atoms with van der Waals surface area (Å²) < 4.78 is 0. The number of aromatic nitrogens is 3. The smallest absolute Gasteiger partial charge is 0.151 e. The largest absolute Gasteiger partial charge is 0.393 e. The van der Waals surface area contributed by atoms with Crippen LogP contribution in [0.25, 0.3) is 11.0 Å². The molecule has 22 heavy (non-hydrogen) atoms. The molecule has 5 N–H and O–H groups in total. The number of nitrogens with one attached hydrogen (secondary N) is 2. The molecule has 0 aromatic carbocycles. The van der Waals surface area contributed by atoms with Crippen LogP contribution in [-0.4, -0.2) is 44.7 Å². The van der Waals surface area contributed by atoms with E-state index in [9.17, 15) is 5.11 Å². The zero-order chi connectivity index (χ0) is 16.5. The summed E-state index contributed by atoms with van der Waals surface area (Å²) in [6, 6.07) is 0. The van der Waals surface area contributed by atoms with Crippen molar-refractivity contribution in [3.8, 4) is 0 Å². The van der Waals surface area contributed by atoms with Crippen LogP contribution >= 0.6 is 11.8 Å². The molecule has 0 aliphatic rings. The van der Waals surface area contributed by atoms with Crippen LogP contribution in [0.1, 0.15) is 26.3 Å². The molecule has 2 heterocycles. The van der Waals surface area contributed by atoms with E-state index < -0.39 is 0 Å². The molecule has 0 aliphatic carbocycles. The summed E-state index contributed by atoms with van der Waals surface area (Å²) in [6.07, 6.45) is 5.11. The van der Waals surface area contributed by atoms with Gasteiger partial charge in [-0.15, -0.1) is 0 Å². The van der Waals surface area contributed by atoms with Gasteiger partial charge >= 0.3 is 0 Å². The minimum Gasteiger partial charge on any atom is -0.393 e. The van der Waals surface area contributed by atoms with Gasteiger partial charge in [0.1, 0.15) is 11.8 Å². The first kappa shape index (κ1) is 18.7. The van der Waals surface area contributed by atoms with Crippen LogP contribution in [-0.2, 0) is 6.54 Å². The molecular weight excluding hydrogens is 298 g/mol. The van der Waals surface area contributed by atoms with Crippen LogP contribution in [0.4, 0.5) is 5.82 Å². The maximum absolute atomic E-state index is 9.71. The first-order chi connectivity index (χ1) is 10.6. The number of hydrogen-bond donors (Lipinski definition) is 4. The SMILES string of the molecule is CC.CSCC(CNCc1c[nH]c2c(N)ncnc12)C(C)O. The van der Waals surface area contributed by atoms with E-state index in [2.05, 4.69) is 26.5 Å². The summed E-state index contributed by atoms with van der Waals surface area (Å²) in [4.78, 5) is 11.3. The highest BCUT2D eigenvalue weighted by atomic mass is 32.2. The second-order valence-electron chi connectivity index (χ2n) is 4.88. The van der Waals surface area contributed by atoms with Crippen molar-refractivity contribution in [3.05, 3.63) is 18.1 Å². The molecule has 0 saturated carbocycles. The molecule has 0 bridgehead atoms. The first-order valence-corrected chi connectivity index (χ1v) is 8.97. The lowest BCUT2D eigenvalue weighted by molar-refractivity contribution is 0.136. The lowest BCUT2D eigenvalue weighted by Crippen LogP contribution is -2.31. The van der Waals surface area contributed by atoms with Gasteiger partial charge in [0.25, 0.3) is 0 Å². The van der Waals surface area contributed by atoms with Crippen molar-refractivity contribution in [1.29, 1.82) is 0 Å². The fourth-order valence-corrected chi connectivity index (χ4v) is 2.95. The predicted octanol–water partition coefficient (Wildman–Crippen LogP) is 2.02. The van der Waals surface area contributed by atoms with Gasteiger partial charge in [-0.05, 0) is 18.9 Å². The minimum absolute atomic E-state index is 0.245. The standard InChI is InChI=1S/C13H21N5OS.C2H6/c1-8(19)10(6-20-2)4-15-3-9-5-16-12-11(9)17-7-18-13(12)14;1-2/h5,7-8,10,15-16,19H,3-4,6H2,1-2H3,(H2,14,17,18);1-2H3. The Labute approximate surface area is 136 Å². The Morgan fingerprint density at radius 3 is 2.77 bits per heavy atom. The van der Waals surface area contributed by atoms with Crippen molar-refractivity contribution in [3.63, 3.8) is 0 Å². The Morgan fingerprint density at radius 2 is 2.14 bits per heavy atom. The average molecular weight is 325 g/mol. The average Bonchev–Trinajstić information content (AvgIpc) is 2.93. The molecule has 7 heteroatoms. The van der Waals surface area contributed by atoms with Gasteiger partial charge in [0, 0.05) is 30.8 Å². The first-order valence-electron chi connectivity index (χ1n) is 7.57. The Kier molecular flexibility index (Phi) is 8.22. The predicted molar refractivity (Wildman–Crippen MR) is 94.9 cm³/mol. The number of aliphatic hydroxyl groups excluding tert-OH is 1. The van der Waals surface area contributed by atoms with Gasteiger partial charge in [0.15, 0.2) is 5.82 Å². The number of rotatable bonds is 7. The highest BCUT2D eigenvalue weighted by Crippen LogP contribution is 2.19. The van der Waals surface area contributed by atoms with Gasteiger partial charge < -0.3 is 21.1 Å². The molecule has 0 amide bonds. The fraction of sp³-hybridized carbons (Fsp3) is 0.600. The summed E-state index contributed by atoms with van der Waals surface area (Å²) >= 11 is 1.75. The Balaban J connectivity index is 0.00000116. The third-order valence-corrected chi connectivity index (χ3v) is 4.12. The Morgan fingerprint density at radius 1 is 1.41 bits per heavy atom. The van der Waals surface area contributed by atoms with E-state index in [1.807, 2.05) is 27.0 Å². The number of nitrogens with zero attached hydrogens (tertiary/aromatic N) is 2. The fourth-order valence-electron chi connectivity index (χ4n) is 2.12. The molecule has 2 rings (SSSR count). The maximum atomic E-state index is 9.71. The van der Waals surface area contributed by atoms with Crippen molar-refractivity contribution in [2.45, 2.75) is 33.4 Å². The zero-order valence-corrected chi connectivity index (χ0v) is 14.6. The number of hydrogen-bond acceptors (Lipinski definition) is 6. The van der Waals surface area contributed by atoms with Crippen molar-refractivity contribution >= 4 is 28.6 Å². The van der Waals surface area contributed by atoms with E-state index in [4.69, 9.17) is 5.73 Å². The zero-order valence-electron chi connectivity index (χ0n) is 13.8. The number of fused-ring (bicyclic) bond motifs is 1. The third kappa shape index (κ3) is 4.86. The number of nitrogens with two attached hydrogens (primary N) is 1. The maximum Gasteiger partial charge on any atom is 0.151 e. The number of H-pyrrole nitrogens is 1. The van der Waals surface area contributed by atoms with Crippen molar-refractivity contribution in [2.75, 3.05) is 24.3 Å². The topological polar surface area (TPSA) is 99.9 Å². The molecule has 2 atom stereocenters. The normalized spacial score (nSPS) is 13.5. The van der Waals surface area contributed by atoms with Crippen LogP contribution in [0.15, 0.2) is 12.5 Å². The Bertz CT molecular complexity index is 558. The van der Waals surface area contributed by atoms with Crippen molar-refractivity contribution in [1.82, 2.24) is 20.3 Å². The Hall–Kier alpha value is -1.31. The van der Waals surface area contributed by atoms with Gasteiger partial charge in [-0.2, -0.15) is 11.8 Å². The van der Waals surface area contributed by atoms with Gasteiger partial charge in [-0.25, -0.2) is 9.97 Å². The molecule has 0 radical (unpaired) electrons. The van der Waals surface area contributed by atoms with E-state index >= 15 is 0 Å². The molecule has 2 aromatic heterocycles. The highest BCUT2D eigenvalue weighted by molar-refractivity contribution is 7.98. The molecular formula is C15H27N5OS. The summed E-state index contributed by atoms with van der Waals surface area (Å²) in [5.74, 6) is 1.65. The minimum atomic E-state index is -0.309. The van der Waals surface area contributed by atoms with Crippen molar-refractivity contribution < 1.29 is 5.11 Å². The molecule has 0 spiro atoms. The molecule has 0 saturated heterocycles. The van der Waals surface area contributed by atoms with Crippen LogP contribution in [0, 0.1) is 5.92 Å². The molecule has 0 fully saturated rings. The van der Waals surface area contributed by atoms with Gasteiger partial charge in [-0.3, -0.25) is 0 Å². The lowest BCUT2D eigenvalue weighted by Gasteiger charge is -2.19. The summed E-state index contributed by atoms with van der Waals surface area (Å²) in [7, 11) is 0. The van der Waals surface area contributed by atoms with Gasteiger partial charge in [0.2, 0.25) is 0 Å². The third-order valence-electron chi connectivity index (χ3n) is 3.36. The number of anilines is 1. The number of nitrogen functional groups attached to an aromatic ring is 1. The van der Waals surface area contributed by atoms with Gasteiger partial charge in [0.05, 0.1) is 11.6 Å². The van der Waals surface area contributed by atoms with E-state index in [1.165, 1.54) is 6.33 Å². The van der Waals surface area contributed by atoms with Crippen LogP contribution < -0.4 is 11.1 Å². The molecule has 6 nitrogen and oxygen atoms in total. The monoisotopic (exact) mass is 325 g/mol. The quantitative estimate of drug-likeness (QED) is 0.621. The van der Waals surface area contributed by atoms with E-state index in [0.29, 0.717) is 12.4 Å². The molecule has 0 aliphatic heterocycles. The second-order valence-corrected chi connectivity index (χ2v) is 5.79. The van der Waals surface area contributed by atoms with E-state index in [0.717, 1.165) is 28.9 Å². The molecule has 2 unspecified atom stereocenters. The summed E-state index contributed by atoms with van der Waals surface area (Å²) in [5.41, 5.74) is 8.47. The van der Waals surface area contributed by atoms with Crippen molar-refractivity contribution in [2.24, 2.45) is 5.92 Å². The number of aromatic amines is 1. The highest BCUT2D eigenvalue weighted by Gasteiger charge is 2.14. The summed E-state index contributed by atoms with van der Waals surface area (Å²) in [6.45, 7) is 7.29. The van der Waals surface area contributed by atoms with Crippen LogP contribution in [0.3, 0.4) is 0 Å². The molecule has 2 aromatic rings. The van der Waals surface area contributed by atoms with Gasteiger partial charge in [-0.1, -0.05) is 13.8 Å². The van der Waals surface area contributed by atoms with E-state index in [-0.39, 0.29) is 12.0 Å². The van der Waals surface area contributed by atoms with Crippen LogP contribution in [0.2, 0.25) is 0 Å². The molecule has 124 valence electrons. The number of thioether (sulfide) groups is 1. The van der Waals surface area contributed by atoms with Crippen LogP contribution in [0.5, 0.6) is 0 Å².